The molecule has 0 aliphatic rings. The van der Waals surface area contributed by atoms with E-state index in [4.69, 9.17) is 28.3 Å². The van der Waals surface area contributed by atoms with E-state index in [1.165, 1.54) is 6.20 Å². The van der Waals surface area contributed by atoms with Gasteiger partial charge in [-0.2, -0.15) is 0 Å². The van der Waals surface area contributed by atoms with Crippen LogP contribution in [0, 0.1) is 0 Å². The van der Waals surface area contributed by atoms with Crippen molar-refractivity contribution in [1.82, 2.24) is 4.98 Å². The highest BCUT2D eigenvalue weighted by molar-refractivity contribution is 6.32. The van der Waals surface area contributed by atoms with Crippen molar-refractivity contribution in [3.05, 3.63) is 28.0 Å². The third-order valence-electron chi connectivity index (χ3n) is 1.28. The number of aromatic nitrogens is 1. The molecule has 0 spiro atoms. The predicted octanol–water partition coefficient (Wildman–Crippen LogP) is 2.44. The van der Waals surface area contributed by atoms with Crippen molar-refractivity contribution in [3.63, 3.8) is 0 Å². The Labute approximate surface area is 74.8 Å². The molecular formula is C7H7Cl2NO. The van der Waals surface area contributed by atoms with Crippen LogP contribution in [-0.2, 0) is 0 Å². The summed E-state index contributed by atoms with van der Waals surface area (Å²) in [5, 5.41) is 9.92. The molecule has 0 unspecified atom stereocenters. The van der Waals surface area contributed by atoms with Crippen molar-refractivity contribution in [3.8, 4) is 0 Å². The van der Waals surface area contributed by atoms with Crippen molar-refractivity contribution in [2.75, 3.05) is 0 Å². The number of aliphatic hydroxyl groups excluding tert-OH is 1. The summed E-state index contributed by atoms with van der Waals surface area (Å²) >= 11 is 11.3. The standard InChI is InChI=1S/C7H7Cl2NO/c1-4(11)6-2-5(8)3-10-7(6)9/h2-4,11H,1H3/t4-/m1/s1. The van der Waals surface area contributed by atoms with Crippen LogP contribution in [0.1, 0.15) is 18.6 Å². The molecule has 0 aliphatic heterocycles. The molecule has 0 saturated heterocycles. The number of halogens is 2. The lowest BCUT2D eigenvalue weighted by Crippen LogP contribution is -1.93. The number of hydrogen-bond donors (Lipinski definition) is 1. The first-order chi connectivity index (χ1) is 5.11. The van der Waals surface area contributed by atoms with Gasteiger partial charge in [0.25, 0.3) is 0 Å². The Hall–Kier alpha value is -0.310. The molecule has 1 rings (SSSR count). The third-order valence-corrected chi connectivity index (χ3v) is 1.81. The van der Waals surface area contributed by atoms with E-state index in [-0.39, 0.29) is 0 Å². The molecule has 11 heavy (non-hydrogen) atoms. The van der Waals surface area contributed by atoms with Crippen molar-refractivity contribution in [1.29, 1.82) is 0 Å². The van der Waals surface area contributed by atoms with Gasteiger partial charge >= 0.3 is 0 Å². The van der Waals surface area contributed by atoms with Crippen molar-refractivity contribution >= 4 is 23.2 Å². The third kappa shape index (κ3) is 2.06. The number of rotatable bonds is 1. The minimum atomic E-state index is -0.631. The average Bonchev–Trinajstić information content (AvgIpc) is 1.94. The summed E-state index contributed by atoms with van der Waals surface area (Å²) in [6.45, 7) is 1.61. The minimum absolute atomic E-state index is 0.296. The molecule has 0 fully saturated rings. The highest BCUT2D eigenvalue weighted by Crippen LogP contribution is 2.23. The van der Waals surface area contributed by atoms with Gasteiger partial charge in [0.15, 0.2) is 0 Å². The van der Waals surface area contributed by atoms with Crippen LogP contribution in [0.4, 0.5) is 0 Å². The molecule has 1 aromatic rings. The summed E-state index contributed by atoms with van der Waals surface area (Å²) in [5.41, 5.74) is 0.555. The second kappa shape index (κ2) is 3.39. The summed E-state index contributed by atoms with van der Waals surface area (Å²) < 4.78 is 0. The molecule has 0 bridgehead atoms. The van der Waals surface area contributed by atoms with Crippen LogP contribution in [0.2, 0.25) is 10.2 Å². The van der Waals surface area contributed by atoms with Crippen LogP contribution in [-0.4, -0.2) is 10.1 Å². The summed E-state index contributed by atoms with van der Waals surface area (Å²) in [6.07, 6.45) is 0.809. The number of hydrogen-bond acceptors (Lipinski definition) is 2. The summed E-state index contributed by atoms with van der Waals surface area (Å²) in [7, 11) is 0. The van der Waals surface area contributed by atoms with Gasteiger partial charge in [0.2, 0.25) is 0 Å². The Morgan fingerprint density at radius 3 is 2.64 bits per heavy atom. The molecular weight excluding hydrogens is 185 g/mol. The highest BCUT2D eigenvalue weighted by atomic mass is 35.5. The monoisotopic (exact) mass is 191 g/mol. The molecule has 0 aliphatic carbocycles. The van der Waals surface area contributed by atoms with E-state index < -0.39 is 6.10 Å². The molecule has 1 aromatic heterocycles. The van der Waals surface area contributed by atoms with Crippen LogP contribution in [0.5, 0.6) is 0 Å². The summed E-state index contributed by atoms with van der Waals surface area (Å²) in [5.74, 6) is 0. The van der Waals surface area contributed by atoms with E-state index in [0.717, 1.165) is 0 Å². The molecule has 0 saturated carbocycles. The lowest BCUT2D eigenvalue weighted by Gasteiger charge is -2.05. The van der Waals surface area contributed by atoms with Gasteiger partial charge < -0.3 is 5.11 Å². The first kappa shape index (κ1) is 8.78. The molecule has 0 amide bonds. The Balaban J connectivity index is 3.13. The number of aliphatic hydroxyl groups is 1. The Kier molecular flexibility index (Phi) is 2.71. The Bertz CT molecular complexity index is 263. The molecule has 0 aromatic carbocycles. The highest BCUT2D eigenvalue weighted by Gasteiger charge is 2.07. The maximum Gasteiger partial charge on any atom is 0.134 e. The van der Waals surface area contributed by atoms with Gasteiger partial charge in [0.05, 0.1) is 11.1 Å². The van der Waals surface area contributed by atoms with Crippen LogP contribution >= 0.6 is 23.2 Å². The Morgan fingerprint density at radius 2 is 2.18 bits per heavy atom. The number of nitrogens with zero attached hydrogens (tertiary/aromatic N) is 1. The zero-order chi connectivity index (χ0) is 8.43. The topological polar surface area (TPSA) is 33.1 Å². The van der Waals surface area contributed by atoms with Gasteiger partial charge in [-0.3, -0.25) is 0 Å². The van der Waals surface area contributed by atoms with Crippen molar-refractivity contribution in [2.24, 2.45) is 0 Å². The SMILES string of the molecule is C[C@@H](O)c1cc(Cl)cnc1Cl. The second-order valence-electron chi connectivity index (χ2n) is 2.21. The fourth-order valence-electron chi connectivity index (χ4n) is 0.731. The first-order valence-corrected chi connectivity index (χ1v) is 3.86. The van der Waals surface area contributed by atoms with Crippen LogP contribution in [0.25, 0.3) is 0 Å². The largest absolute Gasteiger partial charge is 0.389 e. The second-order valence-corrected chi connectivity index (χ2v) is 3.00. The first-order valence-electron chi connectivity index (χ1n) is 3.10. The molecule has 4 heteroatoms. The predicted molar refractivity (Wildman–Crippen MR) is 44.9 cm³/mol. The summed E-state index contributed by atoms with van der Waals surface area (Å²) in [6, 6.07) is 1.60. The smallest absolute Gasteiger partial charge is 0.134 e. The van der Waals surface area contributed by atoms with Gasteiger partial charge in [-0.05, 0) is 13.0 Å². The molecule has 1 atom stereocenters. The van der Waals surface area contributed by atoms with Crippen molar-refractivity contribution < 1.29 is 5.11 Å². The minimum Gasteiger partial charge on any atom is -0.389 e. The van der Waals surface area contributed by atoms with E-state index in [0.29, 0.717) is 15.7 Å². The molecule has 2 nitrogen and oxygen atoms in total. The van der Waals surface area contributed by atoms with Crippen LogP contribution in [0.3, 0.4) is 0 Å². The molecule has 60 valence electrons. The average molecular weight is 192 g/mol. The molecule has 1 N–H and O–H groups in total. The van der Waals surface area contributed by atoms with E-state index in [2.05, 4.69) is 4.98 Å². The zero-order valence-corrected chi connectivity index (χ0v) is 7.39. The fourth-order valence-corrected chi connectivity index (χ4v) is 1.16. The quantitative estimate of drug-likeness (QED) is 0.693. The lowest BCUT2D eigenvalue weighted by molar-refractivity contribution is 0.199. The van der Waals surface area contributed by atoms with Gasteiger partial charge in [0.1, 0.15) is 5.15 Å². The molecule has 1 heterocycles. The molecule has 0 radical (unpaired) electrons. The summed E-state index contributed by atoms with van der Waals surface area (Å²) in [4.78, 5) is 3.77. The van der Waals surface area contributed by atoms with E-state index in [1.54, 1.807) is 13.0 Å². The Morgan fingerprint density at radius 1 is 1.55 bits per heavy atom. The lowest BCUT2D eigenvalue weighted by atomic mass is 10.2. The van der Waals surface area contributed by atoms with Crippen LogP contribution in [0.15, 0.2) is 12.3 Å². The van der Waals surface area contributed by atoms with E-state index in [9.17, 15) is 0 Å². The van der Waals surface area contributed by atoms with Gasteiger partial charge in [0, 0.05) is 11.8 Å². The fraction of sp³-hybridized carbons (Fsp3) is 0.286. The van der Waals surface area contributed by atoms with Crippen LogP contribution < -0.4 is 0 Å². The van der Waals surface area contributed by atoms with E-state index >= 15 is 0 Å². The van der Waals surface area contributed by atoms with E-state index in [1.807, 2.05) is 0 Å². The number of pyridine rings is 1. The van der Waals surface area contributed by atoms with Crippen molar-refractivity contribution in [2.45, 2.75) is 13.0 Å². The zero-order valence-electron chi connectivity index (χ0n) is 5.88. The maximum absolute atomic E-state index is 9.15. The van der Waals surface area contributed by atoms with Gasteiger partial charge in [-0.25, -0.2) is 4.98 Å². The maximum atomic E-state index is 9.15. The van der Waals surface area contributed by atoms with Gasteiger partial charge in [-0.1, -0.05) is 23.2 Å². The van der Waals surface area contributed by atoms with Gasteiger partial charge in [-0.15, -0.1) is 0 Å². The normalized spacial score (nSPS) is 13.1.